The van der Waals surface area contributed by atoms with Crippen LogP contribution < -0.4 is 0 Å². The van der Waals surface area contributed by atoms with Crippen molar-refractivity contribution in [2.75, 3.05) is 28.4 Å². The molecule has 0 atom stereocenters. The summed E-state index contributed by atoms with van der Waals surface area (Å²) in [5.41, 5.74) is -0.0164. The Hall–Kier alpha value is -4.12. The first-order valence-corrected chi connectivity index (χ1v) is 10.8. The van der Waals surface area contributed by atoms with Crippen molar-refractivity contribution in [1.29, 1.82) is 0 Å². The van der Waals surface area contributed by atoms with Crippen molar-refractivity contribution in [3.63, 3.8) is 0 Å². The SMILES string of the molecule is COC(=O)/C=C(/S/C=C(/C)n1cc(C(=O)OC)c(C(=O)OC)c1C(=O)c1ccccc1)C(=O)OC. The van der Waals surface area contributed by atoms with Crippen molar-refractivity contribution < 1.29 is 42.9 Å². The fraction of sp³-hybridized carbons (Fsp3) is 0.208. The van der Waals surface area contributed by atoms with Gasteiger partial charge in [0.15, 0.2) is 0 Å². The summed E-state index contributed by atoms with van der Waals surface area (Å²) in [5, 5.41) is 1.44. The first-order valence-electron chi connectivity index (χ1n) is 9.93. The highest BCUT2D eigenvalue weighted by atomic mass is 32.2. The molecule has 0 radical (unpaired) electrons. The molecule has 0 unspecified atom stereocenters. The van der Waals surface area contributed by atoms with E-state index in [-0.39, 0.29) is 27.3 Å². The van der Waals surface area contributed by atoms with Crippen molar-refractivity contribution in [3.05, 3.63) is 75.3 Å². The van der Waals surface area contributed by atoms with Gasteiger partial charge in [0, 0.05) is 23.5 Å². The second kappa shape index (κ2) is 12.4. The Morgan fingerprint density at radius 1 is 0.857 bits per heavy atom. The molecule has 0 amide bonds. The van der Waals surface area contributed by atoms with E-state index < -0.39 is 29.7 Å². The largest absolute Gasteiger partial charge is 0.466 e. The standard InChI is InChI=1S/C24H23NO9S/c1-14(13-35-17(23(29)33-4)11-18(26)31-2)25-12-16(22(28)32-3)19(24(30)34-5)20(25)21(27)15-9-7-6-8-10-15/h6-13H,1-5H3/b14-13-,17-11+. The summed E-state index contributed by atoms with van der Waals surface area (Å²) in [6.07, 6.45) is 2.22. The van der Waals surface area contributed by atoms with Crippen LogP contribution in [0, 0.1) is 0 Å². The number of benzene rings is 1. The minimum Gasteiger partial charge on any atom is -0.466 e. The lowest BCUT2D eigenvalue weighted by atomic mass is 10.0. The zero-order valence-corrected chi connectivity index (χ0v) is 20.5. The van der Waals surface area contributed by atoms with E-state index in [0.29, 0.717) is 5.70 Å². The number of aromatic nitrogens is 1. The third kappa shape index (κ3) is 6.27. The smallest absolute Gasteiger partial charge is 0.344 e. The van der Waals surface area contributed by atoms with Crippen molar-refractivity contribution in [1.82, 2.24) is 4.57 Å². The summed E-state index contributed by atoms with van der Waals surface area (Å²) in [6, 6.07) is 8.14. The molecule has 10 nitrogen and oxygen atoms in total. The van der Waals surface area contributed by atoms with Crippen molar-refractivity contribution in [2.24, 2.45) is 0 Å². The van der Waals surface area contributed by atoms with Gasteiger partial charge in [-0.05, 0) is 12.3 Å². The van der Waals surface area contributed by atoms with Crippen LogP contribution in [-0.2, 0) is 28.5 Å². The zero-order chi connectivity index (χ0) is 26.1. The van der Waals surface area contributed by atoms with Gasteiger partial charge in [0.2, 0.25) is 5.78 Å². The predicted molar refractivity (Wildman–Crippen MR) is 127 cm³/mol. The Kier molecular flexibility index (Phi) is 9.59. The molecule has 0 fully saturated rings. The lowest BCUT2D eigenvalue weighted by Crippen LogP contribution is -2.16. The van der Waals surface area contributed by atoms with Crippen LogP contribution in [-0.4, -0.2) is 62.7 Å². The quantitative estimate of drug-likeness (QED) is 0.219. The second-order valence-corrected chi connectivity index (χ2v) is 7.63. The highest BCUT2D eigenvalue weighted by Gasteiger charge is 2.32. The number of hydrogen-bond donors (Lipinski definition) is 0. The van der Waals surface area contributed by atoms with Crippen LogP contribution in [0.1, 0.15) is 43.7 Å². The highest BCUT2D eigenvalue weighted by Crippen LogP contribution is 2.29. The summed E-state index contributed by atoms with van der Waals surface area (Å²) < 4.78 is 20.2. The van der Waals surface area contributed by atoms with Crippen LogP contribution in [0.15, 0.2) is 52.9 Å². The maximum atomic E-state index is 13.5. The molecule has 11 heteroatoms. The summed E-state index contributed by atoms with van der Waals surface area (Å²) in [4.78, 5) is 62.1. The van der Waals surface area contributed by atoms with Crippen molar-refractivity contribution in [2.45, 2.75) is 6.92 Å². The van der Waals surface area contributed by atoms with E-state index >= 15 is 0 Å². The molecule has 1 aromatic heterocycles. The lowest BCUT2D eigenvalue weighted by molar-refractivity contribution is -0.137. The second-order valence-electron chi connectivity index (χ2n) is 6.72. The summed E-state index contributed by atoms with van der Waals surface area (Å²) >= 11 is 0.820. The van der Waals surface area contributed by atoms with E-state index in [1.807, 2.05) is 0 Å². The minimum atomic E-state index is -0.912. The third-order valence-electron chi connectivity index (χ3n) is 4.62. The van der Waals surface area contributed by atoms with Crippen LogP contribution in [0.3, 0.4) is 0 Å². The van der Waals surface area contributed by atoms with E-state index in [0.717, 1.165) is 46.3 Å². The minimum absolute atomic E-state index is 0.0943. The van der Waals surface area contributed by atoms with Gasteiger partial charge in [0.1, 0.15) is 16.2 Å². The number of carbonyl (C=O) groups is 5. The number of ketones is 1. The molecule has 0 aliphatic rings. The van der Waals surface area contributed by atoms with Crippen LogP contribution in [0.5, 0.6) is 0 Å². The normalized spacial score (nSPS) is 11.5. The summed E-state index contributed by atoms with van der Waals surface area (Å²) in [7, 11) is 4.57. The summed E-state index contributed by atoms with van der Waals surface area (Å²) in [5.74, 6) is -3.89. The Balaban J connectivity index is 2.72. The van der Waals surface area contributed by atoms with Crippen LogP contribution in [0.25, 0.3) is 5.70 Å². The lowest BCUT2D eigenvalue weighted by Gasteiger charge is -2.11. The molecular formula is C24H23NO9S. The Bertz CT molecular complexity index is 1210. The number of hydrogen-bond acceptors (Lipinski definition) is 10. The zero-order valence-electron chi connectivity index (χ0n) is 19.6. The molecule has 1 heterocycles. The van der Waals surface area contributed by atoms with Gasteiger partial charge in [-0.2, -0.15) is 0 Å². The Morgan fingerprint density at radius 3 is 2.03 bits per heavy atom. The number of ether oxygens (including phenoxy) is 4. The molecule has 0 saturated heterocycles. The van der Waals surface area contributed by atoms with Crippen LogP contribution >= 0.6 is 11.8 Å². The van der Waals surface area contributed by atoms with Crippen LogP contribution in [0.4, 0.5) is 0 Å². The molecule has 0 aliphatic heterocycles. The van der Waals surface area contributed by atoms with Gasteiger partial charge in [-0.3, -0.25) is 4.79 Å². The first-order chi connectivity index (χ1) is 16.7. The van der Waals surface area contributed by atoms with Gasteiger partial charge < -0.3 is 23.5 Å². The molecule has 2 rings (SSSR count). The number of rotatable bonds is 9. The van der Waals surface area contributed by atoms with Gasteiger partial charge in [0.05, 0.1) is 34.0 Å². The maximum absolute atomic E-state index is 13.5. The van der Waals surface area contributed by atoms with Gasteiger partial charge in [-0.25, -0.2) is 19.2 Å². The van der Waals surface area contributed by atoms with Crippen LogP contribution in [0.2, 0.25) is 0 Å². The number of esters is 4. The average Bonchev–Trinajstić information content (AvgIpc) is 3.30. The molecule has 0 spiro atoms. The number of carbonyl (C=O) groups excluding carboxylic acids is 5. The van der Waals surface area contributed by atoms with Gasteiger partial charge in [-0.1, -0.05) is 42.1 Å². The maximum Gasteiger partial charge on any atom is 0.344 e. The highest BCUT2D eigenvalue weighted by molar-refractivity contribution is 8.06. The van der Waals surface area contributed by atoms with E-state index in [1.165, 1.54) is 16.2 Å². The van der Waals surface area contributed by atoms with Gasteiger partial charge >= 0.3 is 23.9 Å². The van der Waals surface area contributed by atoms with Crippen molar-refractivity contribution in [3.8, 4) is 0 Å². The predicted octanol–water partition coefficient (Wildman–Crippen LogP) is 3.07. The van der Waals surface area contributed by atoms with E-state index in [1.54, 1.807) is 37.3 Å². The monoisotopic (exact) mass is 501 g/mol. The fourth-order valence-corrected chi connectivity index (χ4v) is 3.68. The topological polar surface area (TPSA) is 127 Å². The summed E-state index contributed by atoms with van der Waals surface area (Å²) in [6.45, 7) is 1.57. The van der Waals surface area contributed by atoms with Gasteiger partial charge in [-0.15, -0.1) is 0 Å². The Labute approximate surface area is 205 Å². The molecule has 35 heavy (non-hydrogen) atoms. The molecular weight excluding hydrogens is 478 g/mol. The number of methoxy groups -OCH3 is 4. The molecule has 1 aromatic carbocycles. The Morgan fingerprint density at radius 2 is 1.49 bits per heavy atom. The number of allylic oxidation sites excluding steroid dienone is 1. The molecule has 0 aliphatic carbocycles. The number of thioether (sulfide) groups is 1. The first kappa shape index (κ1) is 27.1. The molecule has 184 valence electrons. The van der Waals surface area contributed by atoms with Gasteiger partial charge in [0.25, 0.3) is 0 Å². The van der Waals surface area contributed by atoms with E-state index in [4.69, 9.17) is 9.47 Å². The molecule has 0 N–H and O–H groups in total. The molecule has 0 saturated carbocycles. The number of nitrogens with zero attached hydrogens (tertiary/aromatic N) is 1. The van der Waals surface area contributed by atoms with E-state index in [9.17, 15) is 24.0 Å². The van der Waals surface area contributed by atoms with E-state index in [2.05, 4.69) is 9.47 Å². The third-order valence-corrected chi connectivity index (χ3v) is 5.62. The molecule has 0 bridgehead atoms. The molecule has 2 aromatic rings. The average molecular weight is 502 g/mol. The fourth-order valence-electron chi connectivity index (χ4n) is 2.92. The van der Waals surface area contributed by atoms with Crippen molar-refractivity contribution >= 4 is 47.1 Å².